The lowest BCUT2D eigenvalue weighted by atomic mass is 10.1. The number of rotatable bonds is 4. The fourth-order valence-corrected chi connectivity index (χ4v) is 2.46. The molecule has 0 spiro atoms. The number of morpholine rings is 1. The van der Waals surface area contributed by atoms with E-state index < -0.39 is 5.91 Å². The zero-order valence-corrected chi connectivity index (χ0v) is 11.5. The molecule has 2 rings (SSSR count). The second-order valence-electron chi connectivity index (χ2n) is 4.10. The molecule has 1 atom stereocenters. The zero-order valence-electron chi connectivity index (χ0n) is 9.91. The molecule has 1 aliphatic rings. The number of carbonyl (C=O) groups excluding carboxylic acids is 1. The van der Waals surface area contributed by atoms with Gasteiger partial charge in [0.05, 0.1) is 18.3 Å². The number of hydrogen-bond donors (Lipinski definition) is 3. The van der Waals surface area contributed by atoms with Gasteiger partial charge in [-0.1, -0.05) is 6.07 Å². The molecule has 1 heterocycles. The number of anilines is 1. The molecule has 1 saturated heterocycles. The van der Waals surface area contributed by atoms with Crippen LogP contribution in [-0.2, 0) is 4.74 Å². The highest BCUT2D eigenvalue weighted by Crippen LogP contribution is 2.24. The summed E-state index contributed by atoms with van der Waals surface area (Å²) in [5.41, 5.74) is 6.57. The van der Waals surface area contributed by atoms with E-state index in [1.54, 1.807) is 6.07 Å². The maximum absolute atomic E-state index is 11.4. The molecule has 1 aromatic rings. The van der Waals surface area contributed by atoms with Gasteiger partial charge in [-0.25, -0.2) is 0 Å². The van der Waals surface area contributed by atoms with E-state index in [0.29, 0.717) is 23.2 Å². The van der Waals surface area contributed by atoms with Crippen molar-refractivity contribution < 1.29 is 9.53 Å². The molecule has 1 aromatic carbocycles. The molecule has 0 saturated carbocycles. The summed E-state index contributed by atoms with van der Waals surface area (Å²) in [5, 5.41) is 6.46. The summed E-state index contributed by atoms with van der Waals surface area (Å²) in [6.45, 7) is 3.06. The third-order valence-electron chi connectivity index (χ3n) is 2.78. The van der Waals surface area contributed by atoms with Crippen molar-refractivity contribution in [2.45, 2.75) is 6.10 Å². The molecule has 1 aliphatic heterocycles. The van der Waals surface area contributed by atoms with Crippen molar-refractivity contribution in [2.24, 2.45) is 5.73 Å². The number of benzene rings is 1. The average Bonchev–Trinajstić information content (AvgIpc) is 2.37. The molecule has 0 bridgehead atoms. The van der Waals surface area contributed by atoms with E-state index in [1.165, 1.54) is 0 Å². The highest BCUT2D eigenvalue weighted by Gasteiger charge is 2.16. The van der Waals surface area contributed by atoms with Gasteiger partial charge in [0, 0.05) is 29.8 Å². The van der Waals surface area contributed by atoms with Crippen LogP contribution in [0.15, 0.2) is 22.7 Å². The maximum atomic E-state index is 11.4. The van der Waals surface area contributed by atoms with Crippen LogP contribution in [0.2, 0.25) is 0 Å². The third-order valence-corrected chi connectivity index (χ3v) is 3.45. The maximum Gasteiger partial charge on any atom is 0.251 e. The number of primary amides is 1. The first-order valence-electron chi connectivity index (χ1n) is 5.83. The Balaban J connectivity index is 2.04. The average molecular weight is 314 g/mol. The van der Waals surface area contributed by atoms with E-state index in [4.69, 9.17) is 10.5 Å². The van der Waals surface area contributed by atoms with Crippen molar-refractivity contribution in [1.29, 1.82) is 0 Å². The predicted octanol–water partition coefficient (Wildman–Crippen LogP) is 0.948. The van der Waals surface area contributed by atoms with Crippen molar-refractivity contribution in [2.75, 3.05) is 31.6 Å². The topological polar surface area (TPSA) is 76.4 Å². The van der Waals surface area contributed by atoms with Gasteiger partial charge < -0.3 is 21.1 Å². The van der Waals surface area contributed by atoms with Crippen LogP contribution in [-0.4, -0.2) is 38.3 Å². The lowest BCUT2D eigenvalue weighted by Gasteiger charge is -2.24. The predicted molar refractivity (Wildman–Crippen MR) is 73.8 cm³/mol. The molecule has 1 amide bonds. The molecule has 6 heteroatoms. The third kappa shape index (κ3) is 3.22. The summed E-state index contributed by atoms with van der Waals surface area (Å²) in [5.74, 6) is -0.451. The van der Waals surface area contributed by atoms with Gasteiger partial charge in [0.25, 0.3) is 5.91 Å². The molecule has 1 fully saturated rings. The fourth-order valence-electron chi connectivity index (χ4n) is 1.90. The van der Waals surface area contributed by atoms with Crippen molar-refractivity contribution in [3.63, 3.8) is 0 Å². The number of nitrogens with one attached hydrogen (secondary N) is 2. The Morgan fingerprint density at radius 3 is 3.11 bits per heavy atom. The second kappa shape index (κ2) is 6.17. The fraction of sp³-hybridized carbons (Fsp3) is 0.417. The van der Waals surface area contributed by atoms with Crippen LogP contribution in [0.1, 0.15) is 10.4 Å². The molecule has 18 heavy (non-hydrogen) atoms. The monoisotopic (exact) mass is 313 g/mol. The van der Waals surface area contributed by atoms with Gasteiger partial charge in [-0.05, 0) is 28.1 Å². The van der Waals surface area contributed by atoms with Gasteiger partial charge in [0.15, 0.2) is 0 Å². The quantitative estimate of drug-likeness (QED) is 0.773. The van der Waals surface area contributed by atoms with Crippen LogP contribution in [0.25, 0.3) is 0 Å². The molecular formula is C12H16BrN3O2. The number of halogens is 1. The molecule has 1 unspecified atom stereocenters. The van der Waals surface area contributed by atoms with Gasteiger partial charge in [0.2, 0.25) is 0 Å². The first-order chi connectivity index (χ1) is 8.68. The Hall–Kier alpha value is -1.11. The Labute approximate surface area is 114 Å². The largest absolute Gasteiger partial charge is 0.382 e. The van der Waals surface area contributed by atoms with Crippen LogP contribution < -0.4 is 16.4 Å². The Bertz CT molecular complexity index is 433. The molecule has 5 nitrogen and oxygen atoms in total. The summed E-state index contributed by atoms with van der Waals surface area (Å²) < 4.78 is 6.27. The molecule has 4 N–H and O–H groups in total. The Morgan fingerprint density at radius 2 is 2.44 bits per heavy atom. The number of hydrogen-bond acceptors (Lipinski definition) is 4. The van der Waals surface area contributed by atoms with Crippen LogP contribution in [0.4, 0.5) is 5.69 Å². The van der Waals surface area contributed by atoms with Gasteiger partial charge >= 0.3 is 0 Å². The normalized spacial score (nSPS) is 19.5. The van der Waals surface area contributed by atoms with Crippen LogP contribution in [0, 0.1) is 0 Å². The van der Waals surface area contributed by atoms with E-state index in [9.17, 15) is 4.79 Å². The van der Waals surface area contributed by atoms with E-state index in [2.05, 4.69) is 26.6 Å². The summed E-state index contributed by atoms with van der Waals surface area (Å²) in [6, 6.07) is 5.49. The summed E-state index contributed by atoms with van der Waals surface area (Å²) in [4.78, 5) is 11.4. The minimum Gasteiger partial charge on any atom is -0.382 e. The van der Waals surface area contributed by atoms with Crippen LogP contribution in [0.5, 0.6) is 0 Å². The standard InChI is InChI=1S/C12H16BrN3O2/c13-9-2-1-3-10(11(9)12(14)17)16-7-8-6-15-4-5-18-8/h1-3,8,15-16H,4-7H2,(H2,14,17). The summed E-state index contributed by atoms with van der Waals surface area (Å²) in [7, 11) is 0. The van der Waals surface area contributed by atoms with Crippen molar-refractivity contribution in [1.82, 2.24) is 5.32 Å². The number of amides is 1. The lowest BCUT2D eigenvalue weighted by Crippen LogP contribution is -2.42. The van der Waals surface area contributed by atoms with Gasteiger partial charge in [-0.2, -0.15) is 0 Å². The van der Waals surface area contributed by atoms with E-state index in [1.807, 2.05) is 12.1 Å². The Morgan fingerprint density at radius 1 is 1.61 bits per heavy atom. The molecule has 0 aromatic heterocycles. The first kappa shape index (κ1) is 13.3. The van der Waals surface area contributed by atoms with Gasteiger partial charge in [-0.3, -0.25) is 4.79 Å². The zero-order chi connectivity index (χ0) is 13.0. The van der Waals surface area contributed by atoms with Crippen molar-refractivity contribution in [3.05, 3.63) is 28.2 Å². The lowest BCUT2D eigenvalue weighted by molar-refractivity contribution is 0.0372. The van der Waals surface area contributed by atoms with Crippen LogP contribution >= 0.6 is 15.9 Å². The van der Waals surface area contributed by atoms with E-state index >= 15 is 0 Å². The minimum absolute atomic E-state index is 0.110. The van der Waals surface area contributed by atoms with E-state index in [0.717, 1.165) is 18.8 Å². The molecule has 0 radical (unpaired) electrons. The minimum atomic E-state index is -0.451. The number of carbonyl (C=O) groups is 1. The van der Waals surface area contributed by atoms with Crippen molar-refractivity contribution in [3.8, 4) is 0 Å². The Kier molecular flexibility index (Phi) is 4.57. The SMILES string of the molecule is NC(=O)c1c(Br)cccc1NCC1CNCCO1. The van der Waals surface area contributed by atoms with E-state index in [-0.39, 0.29) is 6.10 Å². The smallest absolute Gasteiger partial charge is 0.251 e. The molecule has 0 aliphatic carbocycles. The molecular weight excluding hydrogens is 298 g/mol. The molecule has 98 valence electrons. The highest BCUT2D eigenvalue weighted by atomic mass is 79.9. The van der Waals surface area contributed by atoms with Gasteiger partial charge in [-0.15, -0.1) is 0 Å². The summed E-state index contributed by atoms with van der Waals surface area (Å²) >= 11 is 3.33. The van der Waals surface area contributed by atoms with Crippen LogP contribution in [0.3, 0.4) is 0 Å². The second-order valence-corrected chi connectivity index (χ2v) is 4.96. The first-order valence-corrected chi connectivity index (χ1v) is 6.62. The highest BCUT2D eigenvalue weighted by molar-refractivity contribution is 9.10. The van der Waals surface area contributed by atoms with Gasteiger partial charge in [0.1, 0.15) is 0 Å². The summed E-state index contributed by atoms with van der Waals surface area (Å²) in [6.07, 6.45) is 0.110. The van der Waals surface area contributed by atoms with Crippen molar-refractivity contribution >= 4 is 27.5 Å². The number of nitrogens with two attached hydrogens (primary N) is 1. The number of ether oxygens (including phenoxy) is 1.